The molecule has 6 N–H and O–H groups in total. The Morgan fingerprint density at radius 2 is 1.27 bits per heavy atom. The Kier molecular flexibility index (Phi) is 13.2. The van der Waals surface area contributed by atoms with Crippen molar-refractivity contribution in [2.24, 2.45) is 11.5 Å². The van der Waals surface area contributed by atoms with Crippen LogP contribution in [0.15, 0.2) is 58.3 Å². The summed E-state index contributed by atoms with van der Waals surface area (Å²) in [4.78, 5) is 2.39. The zero-order chi connectivity index (χ0) is 17.4. The predicted octanol–water partition coefficient (Wildman–Crippen LogP) is 5.29. The van der Waals surface area contributed by atoms with Gasteiger partial charge in [-0.05, 0) is 29.7 Å². The maximum atomic E-state index is 7.38. The van der Waals surface area contributed by atoms with Crippen LogP contribution in [-0.2, 0) is 12.2 Å². The third-order valence-electron chi connectivity index (χ3n) is 3.18. The molecule has 0 aliphatic rings. The lowest BCUT2D eigenvalue weighted by Gasteiger charge is -2.12. The van der Waals surface area contributed by atoms with Gasteiger partial charge in [0.1, 0.15) is 0 Å². The van der Waals surface area contributed by atoms with E-state index < -0.39 is 0 Å². The third-order valence-corrected chi connectivity index (χ3v) is 5.90. The van der Waals surface area contributed by atoms with Gasteiger partial charge in [-0.1, -0.05) is 71.7 Å². The van der Waals surface area contributed by atoms with Gasteiger partial charge < -0.3 is 11.5 Å². The fraction of sp³-hybridized carbons (Fsp3) is 0.176. The molecule has 0 aromatic heterocycles. The molecule has 0 bridgehead atoms. The zero-order valence-electron chi connectivity index (χ0n) is 13.9. The van der Waals surface area contributed by atoms with Crippen LogP contribution in [0.2, 0.25) is 0 Å². The minimum absolute atomic E-state index is 0. The molecule has 9 heteroatoms. The van der Waals surface area contributed by atoms with Crippen molar-refractivity contribution >= 4 is 79.6 Å². The van der Waals surface area contributed by atoms with Gasteiger partial charge in [0, 0.05) is 21.3 Å². The van der Waals surface area contributed by atoms with Crippen molar-refractivity contribution in [1.29, 1.82) is 10.8 Å². The second-order valence-corrected chi connectivity index (χ2v) is 8.17. The number of benzene rings is 2. The molecule has 0 aliphatic carbocycles. The van der Waals surface area contributed by atoms with Crippen LogP contribution < -0.4 is 11.5 Å². The van der Waals surface area contributed by atoms with Gasteiger partial charge in [-0.25, -0.2) is 0 Å². The number of hydrogen-bond donors (Lipinski definition) is 4. The Labute approximate surface area is 188 Å². The molecule has 2 rings (SSSR count). The van der Waals surface area contributed by atoms with Gasteiger partial charge in [0.2, 0.25) is 0 Å². The zero-order valence-corrected chi connectivity index (χ0v) is 19.8. The fourth-order valence-corrected chi connectivity index (χ4v) is 4.38. The monoisotopic (exact) mass is 536 g/mol. The lowest BCUT2D eigenvalue weighted by Crippen LogP contribution is -2.05. The summed E-state index contributed by atoms with van der Waals surface area (Å²) in [5, 5.41) is 15.0. The summed E-state index contributed by atoms with van der Waals surface area (Å²) < 4.78 is 0. The van der Waals surface area contributed by atoms with E-state index in [1.807, 2.05) is 24.3 Å². The summed E-state index contributed by atoms with van der Waals surface area (Å²) >= 11 is 4.44. The molecular weight excluding hydrogens is 516 g/mol. The van der Waals surface area contributed by atoms with Crippen molar-refractivity contribution in [2.45, 2.75) is 22.0 Å². The summed E-state index contributed by atoms with van der Waals surface area (Å²) in [6.07, 6.45) is 0.873. The van der Waals surface area contributed by atoms with Crippen molar-refractivity contribution in [1.82, 2.24) is 0 Å². The van der Waals surface area contributed by atoms with Crippen LogP contribution in [0.5, 0.6) is 0 Å². The van der Waals surface area contributed by atoms with Crippen molar-refractivity contribution < 1.29 is 0 Å². The first kappa shape index (κ1) is 25.4. The van der Waals surface area contributed by atoms with Gasteiger partial charge in [0.15, 0.2) is 10.3 Å². The normalized spacial score (nSPS) is 9.69. The first-order valence-corrected chi connectivity index (χ1v) is 10.1. The molecule has 0 amide bonds. The number of amidine groups is 2. The number of nitrogens with two attached hydrogens (primary N) is 2. The lowest BCUT2D eigenvalue weighted by atomic mass is 10.2. The topological polar surface area (TPSA) is 99.7 Å². The molecule has 0 aliphatic heterocycles. The molecule has 0 saturated heterocycles. The van der Waals surface area contributed by atoms with E-state index in [9.17, 15) is 0 Å². The molecule has 0 heterocycles. The summed E-state index contributed by atoms with van der Waals surface area (Å²) in [5.41, 5.74) is 13.3. The summed E-state index contributed by atoms with van der Waals surface area (Å²) in [5.74, 6) is 1.50. The molecule has 0 spiro atoms. The number of halogens is 2. The second kappa shape index (κ2) is 13.5. The van der Waals surface area contributed by atoms with E-state index >= 15 is 0 Å². The van der Waals surface area contributed by atoms with Crippen LogP contribution >= 0.6 is 69.2 Å². The Balaban J connectivity index is 0.00000312. The van der Waals surface area contributed by atoms with Gasteiger partial charge in [-0.15, -0.1) is 34.0 Å². The number of thioether (sulfide) groups is 2. The lowest BCUT2D eigenvalue weighted by molar-refractivity contribution is 1.10. The molecule has 2 aromatic carbocycles. The van der Waals surface area contributed by atoms with E-state index in [1.54, 1.807) is 11.8 Å². The van der Waals surface area contributed by atoms with Crippen LogP contribution in [-0.4, -0.2) is 16.1 Å². The maximum Gasteiger partial charge on any atom is 0.151 e. The van der Waals surface area contributed by atoms with Crippen molar-refractivity contribution in [3.63, 3.8) is 0 Å². The molecule has 0 fully saturated rings. The fourth-order valence-electron chi connectivity index (χ4n) is 2.08. The van der Waals surface area contributed by atoms with Crippen LogP contribution in [0.4, 0.5) is 0 Å². The molecule has 2 aromatic rings. The van der Waals surface area contributed by atoms with E-state index in [1.165, 1.54) is 44.4 Å². The van der Waals surface area contributed by atoms with Gasteiger partial charge in [-0.2, -0.15) is 0 Å². The molecular formula is C17H22Br2N4S3. The molecule has 0 saturated carbocycles. The standard InChI is InChI=1S/C17H20N4S3.2BrH/c18-16(19)22-10-9-12-5-1-3-7-14(12)24-15-8-4-2-6-13(15)11-23-17(20)21;;/h1-8H,9-11H2,(H3,18,19)(H3,20,21);2*1H. The van der Waals surface area contributed by atoms with Gasteiger partial charge >= 0.3 is 0 Å². The van der Waals surface area contributed by atoms with Gasteiger partial charge in [-0.3, -0.25) is 10.8 Å². The van der Waals surface area contributed by atoms with Crippen molar-refractivity contribution in [3.8, 4) is 0 Å². The van der Waals surface area contributed by atoms with Crippen LogP contribution in [0.25, 0.3) is 0 Å². The predicted molar refractivity (Wildman–Crippen MR) is 129 cm³/mol. The first-order valence-electron chi connectivity index (χ1n) is 7.33. The maximum absolute atomic E-state index is 7.38. The first-order chi connectivity index (χ1) is 11.6. The quantitative estimate of drug-likeness (QED) is 0.284. The smallest absolute Gasteiger partial charge is 0.151 e. The highest BCUT2D eigenvalue weighted by Crippen LogP contribution is 2.34. The molecule has 0 unspecified atom stereocenters. The molecule has 142 valence electrons. The largest absolute Gasteiger partial charge is 0.379 e. The number of aryl methyl sites for hydroxylation is 1. The summed E-state index contributed by atoms with van der Waals surface area (Å²) in [7, 11) is 0. The van der Waals surface area contributed by atoms with E-state index in [-0.39, 0.29) is 44.3 Å². The summed E-state index contributed by atoms with van der Waals surface area (Å²) in [6, 6.07) is 16.5. The molecule has 4 nitrogen and oxygen atoms in total. The average molecular weight is 538 g/mol. The van der Waals surface area contributed by atoms with Crippen LogP contribution in [0.1, 0.15) is 11.1 Å². The second-order valence-electron chi connectivity index (χ2n) is 4.93. The molecule has 0 radical (unpaired) electrons. The van der Waals surface area contributed by atoms with Crippen LogP contribution in [0, 0.1) is 10.8 Å². The summed E-state index contributed by atoms with van der Waals surface area (Å²) in [6.45, 7) is 0. The van der Waals surface area contributed by atoms with E-state index in [2.05, 4.69) is 24.3 Å². The van der Waals surface area contributed by atoms with Crippen molar-refractivity contribution in [2.75, 3.05) is 5.75 Å². The highest BCUT2D eigenvalue weighted by molar-refractivity contribution is 8.93. The average Bonchev–Trinajstić information content (AvgIpc) is 2.55. The van der Waals surface area contributed by atoms with Gasteiger partial charge in [0.25, 0.3) is 0 Å². The highest BCUT2D eigenvalue weighted by Gasteiger charge is 2.08. The minimum Gasteiger partial charge on any atom is -0.379 e. The van der Waals surface area contributed by atoms with E-state index in [0.29, 0.717) is 5.75 Å². The number of hydrogen-bond acceptors (Lipinski definition) is 5. The Hall–Kier alpha value is -0.610. The van der Waals surface area contributed by atoms with E-state index in [4.69, 9.17) is 22.3 Å². The van der Waals surface area contributed by atoms with Gasteiger partial charge in [0.05, 0.1) is 0 Å². The minimum atomic E-state index is 0. The number of rotatable bonds is 7. The highest BCUT2D eigenvalue weighted by atomic mass is 79.9. The van der Waals surface area contributed by atoms with E-state index in [0.717, 1.165) is 12.2 Å². The van der Waals surface area contributed by atoms with Crippen molar-refractivity contribution in [3.05, 3.63) is 59.7 Å². The Morgan fingerprint density at radius 3 is 1.85 bits per heavy atom. The molecule has 0 atom stereocenters. The SMILES string of the molecule is Br.Br.N=C(N)SCCc1ccccc1Sc1ccccc1CSC(=N)N. The Morgan fingerprint density at radius 1 is 0.769 bits per heavy atom. The molecule has 26 heavy (non-hydrogen) atoms. The third kappa shape index (κ3) is 8.85. The Bertz CT molecular complexity index is 729. The van der Waals surface area contributed by atoms with Crippen LogP contribution in [0.3, 0.4) is 0 Å². The number of nitrogens with one attached hydrogen (secondary N) is 2.